The Hall–Kier alpha value is -2.09. The largest absolute Gasteiger partial charge is 0.491 e. The molecule has 0 unspecified atom stereocenters. The molecule has 28 heavy (non-hydrogen) atoms. The first kappa shape index (κ1) is 20.6. The van der Waals surface area contributed by atoms with Crippen LogP contribution in [0.2, 0.25) is 5.02 Å². The molecule has 1 aliphatic heterocycles. The van der Waals surface area contributed by atoms with Gasteiger partial charge in [-0.3, -0.25) is 14.5 Å². The highest BCUT2D eigenvalue weighted by atomic mass is 35.5. The molecule has 8 heteroatoms. The second-order valence-electron chi connectivity index (χ2n) is 6.48. The number of nitrogens with zero attached hydrogens (tertiary/aromatic N) is 2. The monoisotopic (exact) mass is 421 g/mol. The lowest BCUT2D eigenvalue weighted by molar-refractivity contribution is -0.132. The first-order chi connectivity index (χ1) is 13.6. The number of nitrogens with one attached hydrogen (secondary N) is 1. The van der Waals surface area contributed by atoms with E-state index in [2.05, 4.69) is 10.2 Å². The Kier molecular flexibility index (Phi) is 7.71. The first-order valence-corrected chi connectivity index (χ1v) is 10.6. The van der Waals surface area contributed by atoms with Gasteiger partial charge in [-0.05, 0) is 23.6 Å². The Balaban J connectivity index is 1.30. The summed E-state index contributed by atoms with van der Waals surface area (Å²) in [5.41, 5.74) is 0. The van der Waals surface area contributed by atoms with Gasteiger partial charge in [-0.2, -0.15) is 0 Å². The van der Waals surface area contributed by atoms with Crippen molar-refractivity contribution in [2.24, 2.45) is 0 Å². The molecule has 1 aliphatic rings. The SMILES string of the molecule is O=C(NCCC(=O)N1CCN(CCOc2ccccc2Cl)CC1)c1cccs1. The van der Waals surface area contributed by atoms with E-state index in [-0.39, 0.29) is 11.8 Å². The van der Waals surface area contributed by atoms with Crippen LogP contribution in [-0.4, -0.2) is 67.5 Å². The first-order valence-electron chi connectivity index (χ1n) is 9.32. The number of carbonyl (C=O) groups is 2. The van der Waals surface area contributed by atoms with Gasteiger partial charge in [0.2, 0.25) is 5.91 Å². The fraction of sp³-hybridized carbons (Fsp3) is 0.400. The molecule has 2 amide bonds. The van der Waals surface area contributed by atoms with E-state index in [0.717, 1.165) is 19.6 Å². The average molecular weight is 422 g/mol. The second kappa shape index (κ2) is 10.5. The summed E-state index contributed by atoms with van der Waals surface area (Å²) >= 11 is 7.47. The quantitative estimate of drug-likeness (QED) is 0.712. The van der Waals surface area contributed by atoms with Crippen molar-refractivity contribution >= 4 is 34.8 Å². The summed E-state index contributed by atoms with van der Waals surface area (Å²) in [5, 5.41) is 5.27. The number of piperazine rings is 1. The number of para-hydroxylation sites is 1. The Morgan fingerprint density at radius 2 is 1.89 bits per heavy atom. The lowest BCUT2D eigenvalue weighted by Gasteiger charge is -2.34. The fourth-order valence-corrected chi connectivity index (χ4v) is 3.83. The third-order valence-electron chi connectivity index (χ3n) is 4.60. The van der Waals surface area contributed by atoms with Crippen LogP contribution < -0.4 is 10.1 Å². The van der Waals surface area contributed by atoms with E-state index in [1.807, 2.05) is 40.6 Å². The van der Waals surface area contributed by atoms with Gasteiger partial charge in [0.05, 0.1) is 9.90 Å². The van der Waals surface area contributed by atoms with E-state index >= 15 is 0 Å². The van der Waals surface area contributed by atoms with Crippen LogP contribution in [-0.2, 0) is 4.79 Å². The normalized spacial score (nSPS) is 14.7. The smallest absolute Gasteiger partial charge is 0.261 e. The predicted molar refractivity (Wildman–Crippen MR) is 111 cm³/mol. The van der Waals surface area contributed by atoms with Crippen molar-refractivity contribution in [2.75, 3.05) is 45.9 Å². The van der Waals surface area contributed by atoms with Crippen LogP contribution in [0.1, 0.15) is 16.1 Å². The highest BCUT2D eigenvalue weighted by Crippen LogP contribution is 2.22. The van der Waals surface area contributed by atoms with Gasteiger partial charge < -0.3 is 15.0 Å². The maximum absolute atomic E-state index is 12.3. The number of rotatable bonds is 8. The predicted octanol–water partition coefficient (Wildman–Crippen LogP) is 2.74. The van der Waals surface area contributed by atoms with Crippen LogP contribution in [0.5, 0.6) is 5.75 Å². The van der Waals surface area contributed by atoms with Crippen LogP contribution in [0.4, 0.5) is 0 Å². The zero-order valence-electron chi connectivity index (χ0n) is 15.6. The van der Waals surface area contributed by atoms with Crippen LogP contribution in [0, 0.1) is 0 Å². The van der Waals surface area contributed by atoms with E-state index in [1.54, 1.807) is 6.07 Å². The van der Waals surface area contributed by atoms with Gasteiger partial charge in [0.15, 0.2) is 0 Å². The Morgan fingerprint density at radius 1 is 1.11 bits per heavy atom. The van der Waals surface area contributed by atoms with E-state index in [1.165, 1.54) is 11.3 Å². The molecule has 1 aromatic heterocycles. The highest BCUT2D eigenvalue weighted by molar-refractivity contribution is 7.12. The molecule has 0 bridgehead atoms. The van der Waals surface area contributed by atoms with Gasteiger partial charge in [0, 0.05) is 45.7 Å². The van der Waals surface area contributed by atoms with E-state index < -0.39 is 0 Å². The topological polar surface area (TPSA) is 61.9 Å². The molecule has 6 nitrogen and oxygen atoms in total. The maximum Gasteiger partial charge on any atom is 0.261 e. The number of ether oxygens (including phenoxy) is 1. The van der Waals surface area contributed by atoms with E-state index in [0.29, 0.717) is 48.3 Å². The zero-order valence-corrected chi connectivity index (χ0v) is 17.2. The molecule has 1 N–H and O–H groups in total. The molecule has 0 saturated carbocycles. The second-order valence-corrected chi connectivity index (χ2v) is 7.84. The Morgan fingerprint density at radius 3 is 2.61 bits per heavy atom. The number of hydrogen-bond donors (Lipinski definition) is 1. The zero-order chi connectivity index (χ0) is 19.8. The van der Waals surface area contributed by atoms with E-state index in [9.17, 15) is 9.59 Å². The van der Waals surface area contributed by atoms with Crippen molar-refractivity contribution in [1.82, 2.24) is 15.1 Å². The van der Waals surface area contributed by atoms with Crippen LogP contribution in [0.3, 0.4) is 0 Å². The maximum atomic E-state index is 12.3. The minimum absolute atomic E-state index is 0.0819. The summed E-state index contributed by atoms with van der Waals surface area (Å²) in [5.74, 6) is 0.659. The average Bonchev–Trinajstić information content (AvgIpc) is 3.25. The number of hydrogen-bond acceptors (Lipinski definition) is 5. The van der Waals surface area contributed by atoms with Crippen LogP contribution in [0.25, 0.3) is 0 Å². The molecule has 2 aromatic rings. The molecule has 0 radical (unpaired) electrons. The molecule has 0 atom stereocenters. The Labute approximate surface area is 174 Å². The number of carbonyl (C=O) groups excluding carboxylic acids is 2. The van der Waals surface area contributed by atoms with Gasteiger partial charge >= 0.3 is 0 Å². The molecular formula is C20H24ClN3O3S. The summed E-state index contributed by atoms with van der Waals surface area (Å²) in [6.45, 7) is 4.75. The van der Waals surface area contributed by atoms with Gasteiger partial charge in [-0.1, -0.05) is 29.8 Å². The van der Waals surface area contributed by atoms with Gasteiger partial charge in [-0.25, -0.2) is 0 Å². The van der Waals surface area contributed by atoms with Crippen LogP contribution in [0.15, 0.2) is 41.8 Å². The number of halogens is 1. The van der Waals surface area contributed by atoms with Crippen molar-refractivity contribution in [3.63, 3.8) is 0 Å². The summed E-state index contributed by atoms with van der Waals surface area (Å²) in [6, 6.07) is 11.0. The van der Waals surface area contributed by atoms with Crippen molar-refractivity contribution in [3.05, 3.63) is 51.7 Å². The summed E-state index contributed by atoms with van der Waals surface area (Å²) in [4.78, 5) is 29.0. The number of amides is 2. The Bertz CT molecular complexity index is 777. The molecule has 3 rings (SSSR count). The third kappa shape index (κ3) is 5.95. The van der Waals surface area contributed by atoms with Crippen molar-refractivity contribution in [2.45, 2.75) is 6.42 Å². The molecular weight excluding hydrogens is 398 g/mol. The minimum atomic E-state index is -0.119. The van der Waals surface area contributed by atoms with Gasteiger partial charge in [0.1, 0.15) is 12.4 Å². The molecule has 2 heterocycles. The molecule has 1 saturated heterocycles. The van der Waals surface area contributed by atoms with Gasteiger partial charge in [0.25, 0.3) is 5.91 Å². The third-order valence-corrected chi connectivity index (χ3v) is 5.78. The molecule has 150 valence electrons. The molecule has 0 aliphatic carbocycles. The standard InChI is InChI=1S/C20H24ClN3O3S/c21-16-4-1-2-5-17(16)27-14-13-23-9-11-24(12-10-23)19(25)7-8-22-20(26)18-6-3-15-28-18/h1-6,15H,7-14H2,(H,22,26). The molecule has 1 aromatic carbocycles. The summed E-state index contributed by atoms with van der Waals surface area (Å²) in [7, 11) is 0. The highest BCUT2D eigenvalue weighted by Gasteiger charge is 2.21. The lowest BCUT2D eigenvalue weighted by Crippen LogP contribution is -2.50. The summed E-state index contributed by atoms with van der Waals surface area (Å²) in [6.07, 6.45) is 0.326. The van der Waals surface area contributed by atoms with Crippen molar-refractivity contribution < 1.29 is 14.3 Å². The lowest BCUT2D eigenvalue weighted by atomic mass is 10.2. The minimum Gasteiger partial charge on any atom is -0.491 e. The molecule has 1 fully saturated rings. The fourth-order valence-electron chi connectivity index (χ4n) is 3.00. The van der Waals surface area contributed by atoms with E-state index in [4.69, 9.17) is 16.3 Å². The van der Waals surface area contributed by atoms with Gasteiger partial charge in [-0.15, -0.1) is 11.3 Å². The molecule has 0 spiro atoms. The van der Waals surface area contributed by atoms with Crippen molar-refractivity contribution in [3.8, 4) is 5.75 Å². The summed E-state index contributed by atoms with van der Waals surface area (Å²) < 4.78 is 5.73. The number of benzene rings is 1. The van der Waals surface area contributed by atoms with Crippen molar-refractivity contribution in [1.29, 1.82) is 0 Å². The van der Waals surface area contributed by atoms with Crippen LogP contribution >= 0.6 is 22.9 Å². The number of thiophene rings is 1.